The van der Waals surface area contributed by atoms with Crippen molar-refractivity contribution < 1.29 is 14.3 Å². The first-order valence-electron chi connectivity index (χ1n) is 6.67. The third-order valence-electron chi connectivity index (χ3n) is 3.02. The molecule has 0 saturated heterocycles. The second-order valence-electron chi connectivity index (χ2n) is 4.60. The van der Waals surface area contributed by atoms with E-state index in [1.165, 1.54) is 25.3 Å². The van der Waals surface area contributed by atoms with E-state index in [0.717, 1.165) is 31.4 Å². The van der Waals surface area contributed by atoms with Crippen LogP contribution >= 0.6 is 0 Å². The quantitative estimate of drug-likeness (QED) is 0.547. The number of aromatic hydroxyl groups is 1. The normalized spacial score (nSPS) is 10.6. The number of benzene rings is 1. The largest absolute Gasteiger partial charge is 0.507 e. The minimum Gasteiger partial charge on any atom is -0.507 e. The van der Waals surface area contributed by atoms with Crippen LogP contribution in [0.15, 0.2) is 18.2 Å². The number of phenolic OH excluding ortho intramolecular Hbond substituents is 1. The molecule has 0 aliphatic rings. The highest BCUT2D eigenvalue weighted by Crippen LogP contribution is 2.20. The van der Waals surface area contributed by atoms with Gasteiger partial charge in [0.05, 0.1) is 5.56 Å². The third kappa shape index (κ3) is 4.86. The van der Waals surface area contributed by atoms with Gasteiger partial charge < -0.3 is 5.11 Å². The minimum absolute atomic E-state index is 0.101. The monoisotopic (exact) mass is 252 g/mol. The SMILES string of the molecule is CCCCCCCCC(=O)c1cc(F)ccc1O. The molecule has 0 unspecified atom stereocenters. The molecule has 2 nitrogen and oxygen atoms in total. The van der Waals surface area contributed by atoms with Gasteiger partial charge in [-0.3, -0.25) is 4.79 Å². The van der Waals surface area contributed by atoms with Crippen LogP contribution in [0.3, 0.4) is 0 Å². The molecule has 1 aromatic carbocycles. The number of rotatable bonds is 8. The number of hydrogen-bond acceptors (Lipinski definition) is 2. The molecule has 0 fully saturated rings. The number of ketones is 1. The summed E-state index contributed by atoms with van der Waals surface area (Å²) >= 11 is 0. The van der Waals surface area contributed by atoms with Crippen LogP contribution < -0.4 is 0 Å². The van der Waals surface area contributed by atoms with Crippen LogP contribution in [0.4, 0.5) is 4.39 Å². The van der Waals surface area contributed by atoms with Crippen molar-refractivity contribution in [3.8, 4) is 5.75 Å². The lowest BCUT2D eigenvalue weighted by molar-refractivity contribution is 0.0976. The summed E-state index contributed by atoms with van der Waals surface area (Å²) in [5.74, 6) is -0.797. The minimum atomic E-state index is -0.487. The Hall–Kier alpha value is -1.38. The zero-order chi connectivity index (χ0) is 13.4. The second kappa shape index (κ2) is 7.85. The van der Waals surface area contributed by atoms with E-state index >= 15 is 0 Å². The number of carbonyl (C=O) groups is 1. The summed E-state index contributed by atoms with van der Waals surface area (Å²) in [6.07, 6.45) is 6.98. The van der Waals surface area contributed by atoms with Gasteiger partial charge in [-0.15, -0.1) is 0 Å². The predicted molar refractivity (Wildman–Crippen MR) is 70.4 cm³/mol. The van der Waals surface area contributed by atoms with Gasteiger partial charge in [0.15, 0.2) is 5.78 Å². The van der Waals surface area contributed by atoms with E-state index in [-0.39, 0.29) is 17.1 Å². The summed E-state index contributed by atoms with van der Waals surface area (Å²) in [5.41, 5.74) is 0.101. The number of unbranched alkanes of at least 4 members (excludes halogenated alkanes) is 5. The fraction of sp³-hybridized carbons (Fsp3) is 0.533. The van der Waals surface area contributed by atoms with Gasteiger partial charge >= 0.3 is 0 Å². The predicted octanol–water partition coefficient (Wildman–Crippen LogP) is 4.46. The molecular weight excluding hydrogens is 231 g/mol. The lowest BCUT2D eigenvalue weighted by Crippen LogP contribution is -2.00. The smallest absolute Gasteiger partial charge is 0.166 e. The van der Waals surface area contributed by atoms with E-state index in [2.05, 4.69) is 6.92 Å². The van der Waals surface area contributed by atoms with E-state index in [0.29, 0.717) is 6.42 Å². The number of hydrogen-bond donors (Lipinski definition) is 1. The molecule has 0 aliphatic heterocycles. The van der Waals surface area contributed by atoms with Gasteiger partial charge in [0.25, 0.3) is 0 Å². The van der Waals surface area contributed by atoms with Gasteiger partial charge in [-0.25, -0.2) is 4.39 Å². The second-order valence-corrected chi connectivity index (χ2v) is 4.60. The molecule has 3 heteroatoms. The fourth-order valence-corrected chi connectivity index (χ4v) is 1.93. The third-order valence-corrected chi connectivity index (χ3v) is 3.02. The molecule has 1 rings (SSSR count). The van der Waals surface area contributed by atoms with Crippen LogP contribution in [0, 0.1) is 5.82 Å². The first-order chi connectivity index (χ1) is 8.65. The highest BCUT2D eigenvalue weighted by molar-refractivity contribution is 5.98. The van der Waals surface area contributed by atoms with E-state index in [9.17, 15) is 14.3 Å². The van der Waals surface area contributed by atoms with Gasteiger partial charge in [0.1, 0.15) is 11.6 Å². The Morgan fingerprint density at radius 3 is 2.56 bits per heavy atom. The highest BCUT2D eigenvalue weighted by atomic mass is 19.1. The Kier molecular flexibility index (Phi) is 6.40. The molecule has 1 aromatic rings. The lowest BCUT2D eigenvalue weighted by atomic mass is 10.0. The lowest BCUT2D eigenvalue weighted by Gasteiger charge is -2.04. The molecule has 0 amide bonds. The zero-order valence-electron chi connectivity index (χ0n) is 10.9. The average Bonchev–Trinajstić information content (AvgIpc) is 2.36. The highest BCUT2D eigenvalue weighted by Gasteiger charge is 2.11. The molecule has 0 aliphatic carbocycles. The standard InChI is InChI=1S/C15H21FO2/c1-2-3-4-5-6-7-8-14(17)13-11-12(16)9-10-15(13)18/h9-11,18H,2-8H2,1H3. The van der Waals surface area contributed by atoms with Crippen molar-refractivity contribution in [2.45, 2.75) is 51.9 Å². The fourth-order valence-electron chi connectivity index (χ4n) is 1.93. The summed E-state index contributed by atoms with van der Waals surface area (Å²) in [7, 11) is 0. The first-order valence-corrected chi connectivity index (χ1v) is 6.67. The van der Waals surface area contributed by atoms with E-state index < -0.39 is 5.82 Å². The van der Waals surface area contributed by atoms with Crippen molar-refractivity contribution >= 4 is 5.78 Å². The van der Waals surface area contributed by atoms with E-state index in [1.807, 2.05) is 0 Å². The van der Waals surface area contributed by atoms with Gasteiger partial charge in [-0.2, -0.15) is 0 Å². The van der Waals surface area contributed by atoms with E-state index in [1.54, 1.807) is 0 Å². The van der Waals surface area contributed by atoms with Crippen molar-refractivity contribution in [3.63, 3.8) is 0 Å². The first kappa shape index (κ1) is 14.7. The van der Waals surface area contributed by atoms with Crippen LogP contribution in [0.1, 0.15) is 62.2 Å². The van der Waals surface area contributed by atoms with Gasteiger partial charge in [0, 0.05) is 6.42 Å². The molecule has 0 bridgehead atoms. The molecule has 1 N–H and O–H groups in total. The summed E-state index contributed by atoms with van der Waals surface area (Å²) in [4.78, 5) is 11.8. The van der Waals surface area contributed by atoms with Gasteiger partial charge in [-0.1, -0.05) is 39.0 Å². The van der Waals surface area contributed by atoms with Crippen LogP contribution in [0.2, 0.25) is 0 Å². The molecule has 0 atom stereocenters. The Morgan fingerprint density at radius 1 is 1.17 bits per heavy atom. The van der Waals surface area contributed by atoms with Crippen LogP contribution in [0.5, 0.6) is 5.75 Å². The maximum atomic E-state index is 13.0. The Labute approximate surface area is 108 Å². The molecule has 0 heterocycles. The number of phenols is 1. The Balaban J connectivity index is 2.34. The van der Waals surface area contributed by atoms with Crippen molar-refractivity contribution in [1.82, 2.24) is 0 Å². The molecule has 0 saturated carbocycles. The van der Waals surface area contributed by atoms with Crippen LogP contribution in [-0.2, 0) is 0 Å². The maximum Gasteiger partial charge on any atom is 0.166 e. The molecule has 18 heavy (non-hydrogen) atoms. The number of carbonyl (C=O) groups excluding carboxylic acids is 1. The maximum absolute atomic E-state index is 13.0. The number of halogens is 1. The van der Waals surface area contributed by atoms with Crippen molar-refractivity contribution in [2.75, 3.05) is 0 Å². The van der Waals surface area contributed by atoms with Gasteiger partial charge in [0.2, 0.25) is 0 Å². The Morgan fingerprint density at radius 2 is 1.83 bits per heavy atom. The molecule has 100 valence electrons. The molecule has 0 aromatic heterocycles. The Bertz CT molecular complexity index is 388. The van der Waals surface area contributed by atoms with E-state index in [4.69, 9.17) is 0 Å². The topological polar surface area (TPSA) is 37.3 Å². The van der Waals surface area contributed by atoms with Crippen LogP contribution in [0.25, 0.3) is 0 Å². The summed E-state index contributed by atoms with van der Waals surface area (Å²) in [6, 6.07) is 3.48. The number of Topliss-reactive ketones (excluding diaryl/α,β-unsaturated/α-hetero) is 1. The van der Waals surface area contributed by atoms with Crippen molar-refractivity contribution in [1.29, 1.82) is 0 Å². The molecule has 0 spiro atoms. The van der Waals surface area contributed by atoms with Crippen LogP contribution in [-0.4, -0.2) is 10.9 Å². The summed E-state index contributed by atoms with van der Waals surface area (Å²) in [5, 5.41) is 9.49. The summed E-state index contributed by atoms with van der Waals surface area (Å²) in [6.45, 7) is 2.16. The zero-order valence-corrected chi connectivity index (χ0v) is 10.9. The van der Waals surface area contributed by atoms with Crippen molar-refractivity contribution in [3.05, 3.63) is 29.6 Å². The van der Waals surface area contributed by atoms with Gasteiger partial charge in [-0.05, 0) is 24.6 Å². The average molecular weight is 252 g/mol. The van der Waals surface area contributed by atoms with Crippen molar-refractivity contribution in [2.24, 2.45) is 0 Å². The molecular formula is C15H21FO2. The molecule has 0 radical (unpaired) electrons. The summed E-state index contributed by atoms with van der Waals surface area (Å²) < 4.78 is 13.0.